The molecule has 19 heavy (non-hydrogen) atoms. The molecule has 0 saturated heterocycles. The third-order valence-electron chi connectivity index (χ3n) is 3.44. The van der Waals surface area contributed by atoms with Crippen molar-refractivity contribution in [1.82, 2.24) is 4.57 Å². The zero-order valence-corrected chi connectivity index (χ0v) is 11.3. The maximum Gasteiger partial charge on any atom is 0.119 e. The van der Waals surface area contributed by atoms with E-state index in [1.54, 1.807) is 7.11 Å². The Morgan fingerprint density at radius 1 is 1.16 bits per heavy atom. The lowest BCUT2D eigenvalue weighted by Crippen LogP contribution is -2.21. The fourth-order valence-corrected chi connectivity index (χ4v) is 2.59. The van der Waals surface area contributed by atoms with Crippen LogP contribution in [-0.4, -0.2) is 17.7 Å². The predicted octanol–water partition coefficient (Wildman–Crippen LogP) is 3.15. The molecule has 0 fully saturated rings. The van der Waals surface area contributed by atoms with Crippen LogP contribution in [0.2, 0.25) is 0 Å². The molecular weight excluding hydrogens is 236 g/mol. The summed E-state index contributed by atoms with van der Waals surface area (Å²) in [6, 6.07) is 12.8. The summed E-state index contributed by atoms with van der Waals surface area (Å²) in [5.41, 5.74) is 7.16. The summed E-state index contributed by atoms with van der Waals surface area (Å²) in [5, 5.41) is 3.67. The van der Waals surface area contributed by atoms with Crippen molar-refractivity contribution in [2.75, 3.05) is 7.11 Å². The van der Waals surface area contributed by atoms with Crippen molar-refractivity contribution in [3.05, 3.63) is 42.6 Å². The molecule has 98 valence electrons. The van der Waals surface area contributed by atoms with E-state index in [0.29, 0.717) is 0 Å². The van der Waals surface area contributed by atoms with Crippen LogP contribution in [0, 0.1) is 0 Å². The number of nitrogens with two attached hydrogens (primary N) is 1. The summed E-state index contributed by atoms with van der Waals surface area (Å²) in [6.45, 7) is 2.84. The molecule has 3 rings (SSSR count). The fraction of sp³-hybridized carbons (Fsp3) is 0.250. The molecule has 0 aliphatic rings. The van der Waals surface area contributed by atoms with Crippen molar-refractivity contribution in [3.63, 3.8) is 0 Å². The van der Waals surface area contributed by atoms with Crippen LogP contribution in [0.4, 0.5) is 0 Å². The molecule has 0 spiro atoms. The van der Waals surface area contributed by atoms with Crippen molar-refractivity contribution < 1.29 is 4.74 Å². The Morgan fingerprint density at radius 3 is 2.63 bits per heavy atom. The Bertz CT molecular complexity index is 728. The van der Waals surface area contributed by atoms with Gasteiger partial charge in [0.25, 0.3) is 0 Å². The molecule has 0 unspecified atom stereocenters. The fourth-order valence-electron chi connectivity index (χ4n) is 2.59. The number of fused-ring (bicyclic) bond motifs is 3. The van der Waals surface area contributed by atoms with Crippen LogP contribution in [0.3, 0.4) is 0 Å². The highest BCUT2D eigenvalue weighted by Crippen LogP contribution is 2.29. The van der Waals surface area contributed by atoms with Gasteiger partial charge in [0.15, 0.2) is 0 Å². The predicted molar refractivity (Wildman–Crippen MR) is 79.6 cm³/mol. The van der Waals surface area contributed by atoms with Gasteiger partial charge in [0.05, 0.1) is 12.6 Å². The van der Waals surface area contributed by atoms with Crippen LogP contribution in [0.5, 0.6) is 5.75 Å². The van der Waals surface area contributed by atoms with E-state index in [4.69, 9.17) is 10.5 Å². The molecular formula is C16H18N2O. The number of nitrogens with zero attached hydrogens (tertiary/aromatic N) is 1. The highest BCUT2D eigenvalue weighted by molar-refractivity contribution is 6.06. The zero-order chi connectivity index (χ0) is 13.4. The second kappa shape index (κ2) is 4.59. The quantitative estimate of drug-likeness (QED) is 0.780. The Labute approximate surface area is 112 Å². The second-order valence-corrected chi connectivity index (χ2v) is 5.04. The molecule has 2 N–H and O–H groups in total. The van der Waals surface area contributed by atoms with Gasteiger partial charge in [0, 0.05) is 29.6 Å². The second-order valence-electron chi connectivity index (χ2n) is 5.04. The van der Waals surface area contributed by atoms with Crippen LogP contribution in [0.25, 0.3) is 21.7 Å². The number of hydrogen-bond acceptors (Lipinski definition) is 2. The molecule has 3 heteroatoms. The van der Waals surface area contributed by atoms with E-state index in [9.17, 15) is 0 Å². The lowest BCUT2D eigenvalue weighted by Gasteiger charge is -2.11. The van der Waals surface area contributed by atoms with Crippen LogP contribution in [0.15, 0.2) is 42.6 Å². The standard InChI is InChI=1S/C16H18N2O/c1-11(17)10-18-8-7-13-4-3-12-5-6-14(19-2)9-15(12)16(13)18/h3-9,11H,10,17H2,1-2H3/t11-/m1/s1. The normalized spacial score (nSPS) is 13.0. The van der Waals surface area contributed by atoms with Crippen molar-refractivity contribution in [2.45, 2.75) is 19.5 Å². The molecule has 0 saturated carbocycles. The van der Waals surface area contributed by atoms with E-state index < -0.39 is 0 Å². The number of benzene rings is 2. The summed E-state index contributed by atoms with van der Waals surface area (Å²) in [7, 11) is 1.70. The highest BCUT2D eigenvalue weighted by atomic mass is 16.5. The van der Waals surface area contributed by atoms with Crippen molar-refractivity contribution in [3.8, 4) is 5.75 Å². The van der Waals surface area contributed by atoms with Gasteiger partial charge >= 0.3 is 0 Å². The summed E-state index contributed by atoms with van der Waals surface area (Å²) < 4.78 is 7.56. The lowest BCUT2D eigenvalue weighted by molar-refractivity contribution is 0.415. The smallest absolute Gasteiger partial charge is 0.119 e. The molecule has 0 radical (unpaired) electrons. The van der Waals surface area contributed by atoms with Gasteiger partial charge in [-0.2, -0.15) is 0 Å². The molecule has 2 aromatic carbocycles. The summed E-state index contributed by atoms with van der Waals surface area (Å²) >= 11 is 0. The number of ether oxygens (including phenoxy) is 1. The highest BCUT2D eigenvalue weighted by Gasteiger charge is 2.08. The van der Waals surface area contributed by atoms with Crippen molar-refractivity contribution >= 4 is 21.7 Å². The molecule has 0 amide bonds. The molecule has 1 heterocycles. The van der Waals surface area contributed by atoms with Crippen molar-refractivity contribution in [1.29, 1.82) is 0 Å². The SMILES string of the molecule is COc1ccc2ccc3ccn(C[C@@H](C)N)c3c2c1. The largest absolute Gasteiger partial charge is 0.497 e. The van der Waals surface area contributed by atoms with Crippen LogP contribution in [0.1, 0.15) is 6.92 Å². The Hall–Kier alpha value is -2.00. The molecule has 3 nitrogen and oxygen atoms in total. The van der Waals surface area contributed by atoms with E-state index >= 15 is 0 Å². The summed E-state index contributed by atoms with van der Waals surface area (Å²) in [4.78, 5) is 0. The minimum Gasteiger partial charge on any atom is -0.497 e. The molecule has 1 atom stereocenters. The number of methoxy groups -OCH3 is 1. The maximum atomic E-state index is 5.93. The van der Waals surface area contributed by atoms with Gasteiger partial charge in [-0.25, -0.2) is 0 Å². The average Bonchev–Trinajstić information content (AvgIpc) is 2.81. The van der Waals surface area contributed by atoms with E-state index in [-0.39, 0.29) is 6.04 Å². The van der Waals surface area contributed by atoms with E-state index in [2.05, 4.69) is 41.1 Å². The van der Waals surface area contributed by atoms with Crippen LogP contribution >= 0.6 is 0 Å². The number of rotatable bonds is 3. The Kier molecular flexibility index (Phi) is 2.91. The minimum absolute atomic E-state index is 0.136. The topological polar surface area (TPSA) is 40.2 Å². The third-order valence-corrected chi connectivity index (χ3v) is 3.44. The Balaban J connectivity index is 2.32. The van der Waals surface area contributed by atoms with Gasteiger partial charge in [-0.15, -0.1) is 0 Å². The summed E-state index contributed by atoms with van der Waals surface area (Å²) in [6.07, 6.45) is 2.10. The van der Waals surface area contributed by atoms with Gasteiger partial charge < -0.3 is 15.0 Å². The number of hydrogen-bond donors (Lipinski definition) is 1. The maximum absolute atomic E-state index is 5.93. The monoisotopic (exact) mass is 254 g/mol. The summed E-state index contributed by atoms with van der Waals surface area (Å²) in [5.74, 6) is 0.883. The van der Waals surface area contributed by atoms with Crippen LogP contribution in [-0.2, 0) is 6.54 Å². The van der Waals surface area contributed by atoms with E-state index in [1.165, 1.54) is 21.7 Å². The lowest BCUT2D eigenvalue weighted by atomic mass is 10.1. The first-order chi connectivity index (χ1) is 9.19. The molecule has 0 aliphatic carbocycles. The minimum atomic E-state index is 0.136. The number of aromatic nitrogens is 1. The van der Waals surface area contributed by atoms with Crippen LogP contribution < -0.4 is 10.5 Å². The van der Waals surface area contributed by atoms with Gasteiger partial charge in [0.2, 0.25) is 0 Å². The first-order valence-corrected chi connectivity index (χ1v) is 6.50. The van der Waals surface area contributed by atoms with Gasteiger partial charge in [0.1, 0.15) is 5.75 Å². The molecule has 3 aromatic rings. The van der Waals surface area contributed by atoms with E-state index in [1.807, 2.05) is 13.0 Å². The molecule has 0 aliphatic heterocycles. The first-order valence-electron chi connectivity index (χ1n) is 6.50. The van der Waals surface area contributed by atoms with Gasteiger partial charge in [-0.3, -0.25) is 0 Å². The molecule has 0 bridgehead atoms. The zero-order valence-electron chi connectivity index (χ0n) is 11.3. The third kappa shape index (κ3) is 2.06. The van der Waals surface area contributed by atoms with E-state index in [0.717, 1.165) is 12.3 Å². The average molecular weight is 254 g/mol. The van der Waals surface area contributed by atoms with Gasteiger partial charge in [-0.1, -0.05) is 18.2 Å². The molecule has 1 aromatic heterocycles. The van der Waals surface area contributed by atoms with Crippen molar-refractivity contribution in [2.24, 2.45) is 5.73 Å². The van der Waals surface area contributed by atoms with Gasteiger partial charge in [-0.05, 0) is 30.5 Å². The Morgan fingerprint density at radius 2 is 1.89 bits per heavy atom. The first kappa shape index (κ1) is 12.1.